The number of hydrogen-bond acceptors (Lipinski definition) is 2. The Morgan fingerprint density at radius 3 is 1.88 bits per heavy atom. The molecule has 0 aliphatic rings. The van der Waals surface area contributed by atoms with Gasteiger partial charge in [0, 0.05) is 13.0 Å². The summed E-state index contributed by atoms with van der Waals surface area (Å²) in [6.07, 6.45) is 1.89. The monoisotopic (exact) mass is 355 g/mol. The highest BCUT2D eigenvalue weighted by molar-refractivity contribution is 5.85. The van der Waals surface area contributed by atoms with E-state index in [1.807, 2.05) is 0 Å². The second kappa shape index (κ2) is 9.43. The second-order valence-electron chi connectivity index (χ2n) is 8.45. The smallest absolute Gasteiger partial charge is 0.303 e. The largest absolute Gasteiger partial charge is 0.481 e. The molecule has 0 heterocycles. The Labute approximate surface area is 153 Å². The molecule has 0 saturated carbocycles. The maximum Gasteiger partial charge on any atom is 0.303 e. The zero-order valence-corrected chi connectivity index (χ0v) is 16.8. The highest BCUT2D eigenvalue weighted by Gasteiger charge is 2.20. The van der Waals surface area contributed by atoms with Crippen molar-refractivity contribution in [1.82, 2.24) is 5.32 Å². The van der Waals surface area contributed by atoms with Gasteiger partial charge < -0.3 is 10.4 Å². The summed E-state index contributed by atoms with van der Waals surface area (Å²) in [4.78, 5) is 10.5. The summed E-state index contributed by atoms with van der Waals surface area (Å²) >= 11 is 0. The topological polar surface area (TPSA) is 49.3 Å². The van der Waals surface area contributed by atoms with E-state index in [4.69, 9.17) is 5.11 Å². The minimum Gasteiger partial charge on any atom is -0.481 e. The predicted molar refractivity (Wildman–Crippen MR) is 104 cm³/mol. The molecule has 0 aliphatic carbocycles. The minimum atomic E-state index is -0.710. The van der Waals surface area contributed by atoms with Crippen LogP contribution in [-0.2, 0) is 22.2 Å². The van der Waals surface area contributed by atoms with Gasteiger partial charge in [0.15, 0.2) is 0 Å². The van der Waals surface area contributed by atoms with Crippen molar-refractivity contribution in [3.8, 4) is 0 Å². The lowest BCUT2D eigenvalue weighted by molar-refractivity contribution is -0.137. The van der Waals surface area contributed by atoms with Crippen molar-refractivity contribution in [3.63, 3.8) is 0 Å². The van der Waals surface area contributed by atoms with Crippen molar-refractivity contribution in [2.45, 2.75) is 78.2 Å². The Morgan fingerprint density at radius 1 is 0.958 bits per heavy atom. The van der Waals surface area contributed by atoms with Crippen molar-refractivity contribution in [1.29, 1.82) is 0 Å². The van der Waals surface area contributed by atoms with Crippen LogP contribution in [0, 0.1) is 0 Å². The van der Waals surface area contributed by atoms with Crippen molar-refractivity contribution < 1.29 is 9.90 Å². The van der Waals surface area contributed by atoms with Crippen molar-refractivity contribution in [2.24, 2.45) is 0 Å². The van der Waals surface area contributed by atoms with Crippen LogP contribution in [0.25, 0.3) is 0 Å². The van der Waals surface area contributed by atoms with Crippen LogP contribution in [0.2, 0.25) is 0 Å². The molecule has 24 heavy (non-hydrogen) atoms. The van der Waals surface area contributed by atoms with Gasteiger partial charge in [-0.25, -0.2) is 0 Å². The lowest BCUT2D eigenvalue weighted by atomic mass is 9.79. The molecule has 0 saturated heterocycles. The van der Waals surface area contributed by atoms with E-state index in [-0.39, 0.29) is 29.7 Å². The van der Waals surface area contributed by atoms with E-state index < -0.39 is 5.97 Å². The molecule has 0 unspecified atom stereocenters. The van der Waals surface area contributed by atoms with Gasteiger partial charge in [0.25, 0.3) is 0 Å². The van der Waals surface area contributed by atoms with Crippen LogP contribution < -0.4 is 5.32 Å². The molecule has 0 aromatic heterocycles. The van der Waals surface area contributed by atoms with Gasteiger partial charge in [-0.05, 0) is 46.9 Å². The summed E-state index contributed by atoms with van der Waals surface area (Å²) in [6, 6.07) is 6.91. The summed E-state index contributed by atoms with van der Waals surface area (Å²) in [6.45, 7) is 15.2. The van der Waals surface area contributed by atoms with Crippen LogP contribution in [0.3, 0.4) is 0 Å². The summed E-state index contributed by atoms with van der Waals surface area (Å²) in [5, 5.41) is 12.1. The maximum atomic E-state index is 10.5. The molecular weight excluding hydrogens is 322 g/mol. The number of hydrogen-bond donors (Lipinski definition) is 2. The van der Waals surface area contributed by atoms with Crippen LogP contribution >= 0.6 is 12.4 Å². The number of aliphatic carboxylic acids is 1. The normalized spacial score (nSPS) is 11.9. The quantitative estimate of drug-likeness (QED) is 0.673. The SMILES string of the molecule is CC(C)(C)c1cc(CNCCCCC(=O)O)cc(C(C)(C)C)c1.Cl. The van der Waals surface area contributed by atoms with Gasteiger partial charge in [-0.3, -0.25) is 4.79 Å². The first-order valence-electron chi connectivity index (χ1n) is 8.57. The molecule has 0 amide bonds. The van der Waals surface area contributed by atoms with Gasteiger partial charge in [-0.15, -0.1) is 12.4 Å². The lowest BCUT2D eigenvalue weighted by Gasteiger charge is -2.26. The molecule has 1 aromatic rings. The summed E-state index contributed by atoms with van der Waals surface area (Å²) in [5.74, 6) is -0.710. The Morgan fingerprint density at radius 2 is 1.46 bits per heavy atom. The zero-order valence-electron chi connectivity index (χ0n) is 16.0. The number of benzene rings is 1. The molecule has 0 atom stereocenters. The van der Waals surface area contributed by atoms with Gasteiger partial charge in [0.2, 0.25) is 0 Å². The molecule has 4 heteroatoms. The highest BCUT2D eigenvalue weighted by atomic mass is 35.5. The standard InChI is InChI=1S/C20H33NO2.ClH/c1-19(2,3)16-11-15(12-17(13-16)20(4,5)6)14-21-10-8-7-9-18(22)23;/h11-13,21H,7-10,14H2,1-6H3,(H,22,23);1H. The van der Waals surface area contributed by atoms with Crippen molar-refractivity contribution in [3.05, 3.63) is 34.9 Å². The van der Waals surface area contributed by atoms with Crippen LogP contribution in [0.15, 0.2) is 18.2 Å². The number of nitrogens with one attached hydrogen (secondary N) is 1. The van der Waals surface area contributed by atoms with E-state index in [2.05, 4.69) is 65.1 Å². The van der Waals surface area contributed by atoms with Crippen molar-refractivity contribution in [2.75, 3.05) is 6.54 Å². The Hall–Kier alpha value is -1.06. The van der Waals surface area contributed by atoms with E-state index in [1.165, 1.54) is 16.7 Å². The molecule has 1 aromatic carbocycles. The third-order valence-corrected chi connectivity index (χ3v) is 4.05. The Balaban J connectivity index is 0.00000529. The zero-order chi connectivity index (χ0) is 17.7. The fourth-order valence-corrected chi connectivity index (χ4v) is 2.42. The van der Waals surface area contributed by atoms with Gasteiger partial charge in [-0.2, -0.15) is 0 Å². The molecule has 0 fully saturated rings. The van der Waals surface area contributed by atoms with Crippen molar-refractivity contribution >= 4 is 18.4 Å². The lowest BCUT2D eigenvalue weighted by Crippen LogP contribution is -2.20. The van der Waals surface area contributed by atoms with E-state index in [0.29, 0.717) is 0 Å². The van der Waals surface area contributed by atoms with Crippen LogP contribution in [-0.4, -0.2) is 17.6 Å². The molecule has 3 nitrogen and oxygen atoms in total. The molecule has 0 spiro atoms. The van der Waals surface area contributed by atoms with Crippen LogP contribution in [0.4, 0.5) is 0 Å². The average molecular weight is 356 g/mol. The van der Waals surface area contributed by atoms with Crippen LogP contribution in [0.1, 0.15) is 77.5 Å². The first kappa shape index (κ1) is 22.9. The molecule has 0 bridgehead atoms. The number of carbonyl (C=O) groups is 1. The predicted octanol–water partition coefficient (Wildman–Crippen LogP) is 5.05. The fraction of sp³-hybridized carbons (Fsp3) is 0.650. The fourth-order valence-electron chi connectivity index (χ4n) is 2.42. The van der Waals surface area contributed by atoms with E-state index in [0.717, 1.165) is 25.9 Å². The maximum absolute atomic E-state index is 10.5. The number of rotatable bonds is 7. The van der Waals surface area contributed by atoms with E-state index >= 15 is 0 Å². The van der Waals surface area contributed by atoms with Gasteiger partial charge in [-0.1, -0.05) is 59.7 Å². The number of carboxylic acid groups (broad SMARTS) is 1. The van der Waals surface area contributed by atoms with E-state index in [9.17, 15) is 4.79 Å². The molecule has 0 aliphatic heterocycles. The number of unbranched alkanes of at least 4 members (excludes halogenated alkanes) is 1. The molecular formula is C20H34ClNO2. The number of carboxylic acids is 1. The minimum absolute atomic E-state index is 0. The Kier molecular flexibility index (Phi) is 9.01. The first-order chi connectivity index (χ1) is 10.5. The number of halogens is 1. The van der Waals surface area contributed by atoms with Gasteiger partial charge in [0.1, 0.15) is 0 Å². The average Bonchev–Trinajstić information content (AvgIpc) is 2.40. The van der Waals surface area contributed by atoms with Gasteiger partial charge in [0.05, 0.1) is 0 Å². The summed E-state index contributed by atoms with van der Waals surface area (Å²) < 4.78 is 0. The van der Waals surface area contributed by atoms with E-state index in [1.54, 1.807) is 0 Å². The molecule has 138 valence electrons. The van der Waals surface area contributed by atoms with Gasteiger partial charge >= 0.3 is 5.97 Å². The third-order valence-electron chi connectivity index (χ3n) is 4.05. The second-order valence-corrected chi connectivity index (χ2v) is 8.45. The Bertz CT molecular complexity index is 495. The third kappa shape index (κ3) is 8.16. The first-order valence-corrected chi connectivity index (χ1v) is 8.57. The highest BCUT2D eigenvalue weighted by Crippen LogP contribution is 2.30. The molecule has 2 N–H and O–H groups in total. The summed E-state index contributed by atoms with van der Waals surface area (Å²) in [5.41, 5.74) is 4.32. The summed E-state index contributed by atoms with van der Waals surface area (Å²) in [7, 11) is 0. The van der Waals surface area contributed by atoms with Crippen LogP contribution in [0.5, 0.6) is 0 Å². The molecule has 1 rings (SSSR count). The molecule has 0 radical (unpaired) electrons.